The van der Waals surface area contributed by atoms with Crippen LogP contribution < -0.4 is 10.1 Å². The summed E-state index contributed by atoms with van der Waals surface area (Å²) in [4.78, 5) is 12.4. The van der Waals surface area contributed by atoms with E-state index in [1.54, 1.807) is 0 Å². The van der Waals surface area contributed by atoms with Crippen LogP contribution >= 0.6 is 0 Å². The van der Waals surface area contributed by atoms with E-state index in [-0.39, 0.29) is 18.6 Å². The van der Waals surface area contributed by atoms with Crippen LogP contribution in [0.1, 0.15) is 35.2 Å². The van der Waals surface area contributed by atoms with Crippen molar-refractivity contribution in [3.05, 3.63) is 76.9 Å². The van der Waals surface area contributed by atoms with Crippen molar-refractivity contribution < 1.29 is 9.53 Å². The molecule has 0 aliphatic carbocycles. The number of hydrogen-bond donors (Lipinski definition) is 1. The Kier molecular flexibility index (Phi) is 5.27. The molecule has 3 nitrogen and oxygen atoms in total. The lowest BCUT2D eigenvalue weighted by Gasteiger charge is -2.19. The fourth-order valence-corrected chi connectivity index (χ4v) is 3.28. The minimum Gasteiger partial charge on any atom is -0.483 e. The second-order valence-corrected chi connectivity index (χ2v) is 6.85. The van der Waals surface area contributed by atoms with Crippen LogP contribution in [-0.2, 0) is 4.79 Å². The van der Waals surface area contributed by atoms with Crippen LogP contribution in [0.5, 0.6) is 5.75 Å². The summed E-state index contributed by atoms with van der Waals surface area (Å²) in [6.07, 6.45) is 0. The van der Waals surface area contributed by atoms with Gasteiger partial charge in [-0.2, -0.15) is 0 Å². The second kappa shape index (κ2) is 7.61. The van der Waals surface area contributed by atoms with Gasteiger partial charge < -0.3 is 10.1 Å². The molecule has 0 unspecified atom stereocenters. The maximum atomic E-state index is 12.4. The van der Waals surface area contributed by atoms with Crippen LogP contribution in [0.25, 0.3) is 10.8 Å². The Hall–Kier alpha value is -2.81. The maximum Gasteiger partial charge on any atom is 0.258 e. The Morgan fingerprint density at radius 2 is 1.65 bits per heavy atom. The SMILES string of the molecule is Cc1cc(C)c([C@H](C)NC(=O)COc2cccc3ccccc23)cc1C. The average Bonchev–Trinajstić information content (AvgIpc) is 2.62. The van der Waals surface area contributed by atoms with Gasteiger partial charge >= 0.3 is 0 Å². The van der Waals surface area contributed by atoms with E-state index < -0.39 is 0 Å². The van der Waals surface area contributed by atoms with Crippen LogP contribution in [0.3, 0.4) is 0 Å². The standard InChI is InChI=1S/C23H25NO2/c1-15-12-17(3)21(13-16(15)2)18(4)24-23(25)14-26-22-11-7-9-19-8-5-6-10-20(19)22/h5-13,18H,14H2,1-4H3,(H,24,25)/t18-/m0/s1. The Morgan fingerprint density at radius 3 is 2.46 bits per heavy atom. The molecule has 0 saturated carbocycles. The Bertz CT molecular complexity index is 941. The van der Waals surface area contributed by atoms with E-state index in [1.807, 2.05) is 49.4 Å². The highest BCUT2D eigenvalue weighted by molar-refractivity contribution is 5.88. The van der Waals surface area contributed by atoms with Crippen molar-refractivity contribution in [2.24, 2.45) is 0 Å². The van der Waals surface area contributed by atoms with E-state index >= 15 is 0 Å². The fraction of sp³-hybridized carbons (Fsp3) is 0.261. The normalized spacial score (nSPS) is 12.0. The number of benzene rings is 3. The van der Waals surface area contributed by atoms with Crippen molar-refractivity contribution >= 4 is 16.7 Å². The molecule has 0 heterocycles. The summed E-state index contributed by atoms with van der Waals surface area (Å²) < 4.78 is 5.78. The molecule has 0 bridgehead atoms. The average molecular weight is 347 g/mol. The highest BCUT2D eigenvalue weighted by atomic mass is 16.5. The highest BCUT2D eigenvalue weighted by Gasteiger charge is 2.14. The predicted molar refractivity (Wildman–Crippen MR) is 107 cm³/mol. The minimum absolute atomic E-state index is 0.00222. The zero-order chi connectivity index (χ0) is 18.7. The largest absolute Gasteiger partial charge is 0.483 e. The Labute approximate surface area is 155 Å². The number of nitrogens with one attached hydrogen (secondary N) is 1. The smallest absolute Gasteiger partial charge is 0.258 e. The first-order valence-corrected chi connectivity index (χ1v) is 8.93. The monoisotopic (exact) mass is 347 g/mol. The molecule has 3 aromatic rings. The zero-order valence-corrected chi connectivity index (χ0v) is 15.8. The van der Waals surface area contributed by atoms with E-state index in [1.165, 1.54) is 16.7 Å². The molecule has 0 aromatic heterocycles. The van der Waals surface area contributed by atoms with Crippen LogP contribution in [0.15, 0.2) is 54.6 Å². The lowest BCUT2D eigenvalue weighted by molar-refractivity contribution is -0.123. The number of amides is 1. The molecule has 0 radical (unpaired) electrons. The second-order valence-electron chi connectivity index (χ2n) is 6.85. The van der Waals surface area contributed by atoms with E-state index in [9.17, 15) is 4.79 Å². The summed E-state index contributed by atoms with van der Waals surface area (Å²) in [5, 5.41) is 5.15. The van der Waals surface area contributed by atoms with Crippen molar-refractivity contribution in [2.75, 3.05) is 6.61 Å². The Morgan fingerprint density at radius 1 is 0.962 bits per heavy atom. The number of ether oxygens (including phenoxy) is 1. The molecule has 0 aliphatic rings. The van der Waals surface area contributed by atoms with Gasteiger partial charge in [0.25, 0.3) is 5.91 Å². The van der Waals surface area contributed by atoms with Gasteiger partial charge in [-0.15, -0.1) is 0 Å². The fourth-order valence-electron chi connectivity index (χ4n) is 3.28. The van der Waals surface area contributed by atoms with Crippen molar-refractivity contribution in [1.29, 1.82) is 0 Å². The van der Waals surface area contributed by atoms with Gasteiger partial charge in [0.1, 0.15) is 5.75 Å². The van der Waals surface area contributed by atoms with Gasteiger partial charge in [-0.3, -0.25) is 4.79 Å². The topological polar surface area (TPSA) is 38.3 Å². The van der Waals surface area contributed by atoms with Gasteiger partial charge in [0, 0.05) is 5.39 Å². The molecule has 0 spiro atoms. The van der Waals surface area contributed by atoms with Crippen LogP contribution in [0.2, 0.25) is 0 Å². The summed E-state index contributed by atoms with van der Waals surface area (Å²) in [5.74, 6) is 0.608. The van der Waals surface area contributed by atoms with Crippen molar-refractivity contribution in [3.63, 3.8) is 0 Å². The molecule has 3 aromatic carbocycles. The summed E-state index contributed by atoms with van der Waals surface area (Å²) in [6.45, 7) is 8.29. The molecule has 1 atom stereocenters. The van der Waals surface area contributed by atoms with Crippen molar-refractivity contribution in [3.8, 4) is 5.75 Å². The molecule has 1 amide bonds. The highest BCUT2D eigenvalue weighted by Crippen LogP contribution is 2.25. The molecule has 0 saturated heterocycles. The number of hydrogen-bond acceptors (Lipinski definition) is 2. The van der Waals surface area contributed by atoms with E-state index in [2.05, 4.69) is 38.2 Å². The van der Waals surface area contributed by atoms with Crippen molar-refractivity contribution in [2.45, 2.75) is 33.7 Å². The van der Waals surface area contributed by atoms with Crippen LogP contribution in [0, 0.1) is 20.8 Å². The summed E-state index contributed by atoms with van der Waals surface area (Å²) in [6, 6.07) is 18.1. The molecular weight excluding hydrogens is 322 g/mol. The third-order valence-electron chi connectivity index (χ3n) is 4.83. The predicted octanol–water partition coefficient (Wildman–Crippen LogP) is 5.02. The van der Waals surface area contributed by atoms with Crippen molar-refractivity contribution in [1.82, 2.24) is 5.32 Å². The van der Waals surface area contributed by atoms with Crippen LogP contribution in [-0.4, -0.2) is 12.5 Å². The minimum atomic E-state index is -0.122. The van der Waals surface area contributed by atoms with Gasteiger partial charge in [-0.25, -0.2) is 0 Å². The van der Waals surface area contributed by atoms with Gasteiger partial charge in [0.05, 0.1) is 6.04 Å². The van der Waals surface area contributed by atoms with Gasteiger partial charge in [-0.05, 0) is 61.4 Å². The maximum absolute atomic E-state index is 12.4. The van der Waals surface area contributed by atoms with Gasteiger partial charge in [-0.1, -0.05) is 48.5 Å². The van der Waals surface area contributed by atoms with E-state index in [0.29, 0.717) is 0 Å². The number of fused-ring (bicyclic) bond motifs is 1. The third kappa shape index (κ3) is 3.88. The lowest BCUT2D eigenvalue weighted by atomic mass is 9.96. The number of carbonyl (C=O) groups is 1. The van der Waals surface area contributed by atoms with Crippen LogP contribution in [0.4, 0.5) is 0 Å². The van der Waals surface area contributed by atoms with E-state index in [0.717, 1.165) is 22.1 Å². The molecule has 1 N–H and O–H groups in total. The summed E-state index contributed by atoms with van der Waals surface area (Å²) >= 11 is 0. The first-order valence-electron chi connectivity index (χ1n) is 8.93. The first-order chi connectivity index (χ1) is 12.5. The summed E-state index contributed by atoms with van der Waals surface area (Å²) in [7, 11) is 0. The molecule has 0 aliphatic heterocycles. The molecule has 26 heavy (non-hydrogen) atoms. The summed E-state index contributed by atoms with van der Waals surface area (Å²) in [5.41, 5.74) is 4.84. The van der Waals surface area contributed by atoms with Gasteiger partial charge in [0.2, 0.25) is 0 Å². The number of aryl methyl sites for hydroxylation is 3. The molecule has 0 fully saturated rings. The zero-order valence-electron chi connectivity index (χ0n) is 15.8. The molecule has 3 rings (SSSR count). The third-order valence-corrected chi connectivity index (χ3v) is 4.83. The Balaban J connectivity index is 1.66. The molecular formula is C23H25NO2. The molecule has 3 heteroatoms. The molecule has 134 valence electrons. The number of rotatable bonds is 5. The first kappa shape index (κ1) is 18.0. The lowest BCUT2D eigenvalue weighted by Crippen LogP contribution is -2.31. The quantitative estimate of drug-likeness (QED) is 0.704. The number of carbonyl (C=O) groups excluding carboxylic acids is 1. The van der Waals surface area contributed by atoms with E-state index in [4.69, 9.17) is 4.74 Å². The van der Waals surface area contributed by atoms with Gasteiger partial charge in [0.15, 0.2) is 6.61 Å².